The quantitative estimate of drug-likeness (QED) is 0.741. The number of benzene rings is 1. The maximum Gasteiger partial charge on any atom is 0.129 e. The molecule has 0 radical (unpaired) electrons. The van der Waals surface area contributed by atoms with Crippen LogP contribution >= 0.6 is 23.2 Å². The molecule has 0 bridgehead atoms. The van der Waals surface area contributed by atoms with Gasteiger partial charge in [-0.25, -0.2) is 9.07 Å². The third-order valence-electron chi connectivity index (χ3n) is 2.03. The first-order valence-corrected chi connectivity index (χ1v) is 5.17. The van der Waals surface area contributed by atoms with E-state index in [-0.39, 0.29) is 11.7 Å². The second-order valence-electron chi connectivity index (χ2n) is 2.97. The molecule has 0 fully saturated rings. The monoisotopic (exact) mass is 244 g/mol. The van der Waals surface area contributed by atoms with Crippen molar-refractivity contribution >= 4 is 23.2 Å². The Bertz CT molecular complexity index is 482. The summed E-state index contributed by atoms with van der Waals surface area (Å²) in [5.74, 6) is -0.242. The van der Waals surface area contributed by atoms with Gasteiger partial charge in [-0.15, -0.1) is 11.6 Å². The molecular weight excluding hydrogens is 238 g/mol. The first-order valence-electron chi connectivity index (χ1n) is 4.26. The van der Waals surface area contributed by atoms with Crippen LogP contribution in [0.5, 0.6) is 0 Å². The fourth-order valence-corrected chi connectivity index (χ4v) is 1.73. The molecule has 1 aromatic heterocycles. The molecule has 2 nitrogen and oxygen atoms in total. The Kier molecular flexibility index (Phi) is 2.93. The second-order valence-corrected chi connectivity index (χ2v) is 3.68. The lowest BCUT2D eigenvalue weighted by Crippen LogP contribution is -2.00. The smallest absolute Gasteiger partial charge is 0.129 e. The first-order chi connectivity index (χ1) is 7.22. The Morgan fingerprint density at radius 2 is 2.20 bits per heavy atom. The minimum atomic E-state index is -0.339. The summed E-state index contributed by atoms with van der Waals surface area (Å²) < 4.78 is 14.9. The highest BCUT2D eigenvalue weighted by Crippen LogP contribution is 2.20. The Hall–Kier alpha value is -1.06. The third-order valence-corrected chi connectivity index (χ3v) is 2.49. The zero-order valence-corrected chi connectivity index (χ0v) is 9.13. The molecule has 0 aliphatic heterocycles. The van der Waals surface area contributed by atoms with E-state index in [0.717, 1.165) is 0 Å². The standard InChI is InChI=1S/C10H7Cl2FN2/c11-4-8-9(13)2-1-3-10(8)15-6-7(12)5-14-15/h1-3,5-6H,4H2. The number of hydrogen-bond donors (Lipinski definition) is 0. The zero-order valence-electron chi connectivity index (χ0n) is 7.62. The van der Waals surface area contributed by atoms with Gasteiger partial charge in [0.1, 0.15) is 5.82 Å². The van der Waals surface area contributed by atoms with Crippen LogP contribution in [-0.4, -0.2) is 9.78 Å². The van der Waals surface area contributed by atoms with Gasteiger partial charge in [-0.2, -0.15) is 5.10 Å². The minimum Gasteiger partial charge on any atom is -0.239 e. The molecule has 0 saturated heterocycles. The van der Waals surface area contributed by atoms with Crippen molar-refractivity contribution in [3.05, 3.63) is 47.0 Å². The Morgan fingerprint density at radius 1 is 1.40 bits per heavy atom. The Morgan fingerprint density at radius 3 is 2.80 bits per heavy atom. The van der Waals surface area contributed by atoms with Crippen LogP contribution in [0.2, 0.25) is 5.02 Å². The highest BCUT2D eigenvalue weighted by Gasteiger charge is 2.09. The van der Waals surface area contributed by atoms with Gasteiger partial charge in [-0.1, -0.05) is 17.7 Å². The van der Waals surface area contributed by atoms with Crippen LogP contribution in [0, 0.1) is 5.82 Å². The maximum atomic E-state index is 13.4. The summed E-state index contributed by atoms with van der Waals surface area (Å²) in [6.07, 6.45) is 3.09. The van der Waals surface area contributed by atoms with Crippen LogP contribution in [0.1, 0.15) is 5.56 Å². The number of halogens is 3. The fourth-order valence-electron chi connectivity index (χ4n) is 1.33. The topological polar surface area (TPSA) is 17.8 Å². The lowest BCUT2D eigenvalue weighted by atomic mass is 10.2. The van der Waals surface area contributed by atoms with Gasteiger partial charge in [0.25, 0.3) is 0 Å². The molecule has 1 heterocycles. The number of alkyl halides is 1. The molecule has 0 spiro atoms. The first kappa shape index (κ1) is 10.5. The molecule has 1 aromatic carbocycles. The van der Waals surface area contributed by atoms with Crippen LogP contribution in [0.4, 0.5) is 4.39 Å². The SMILES string of the molecule is Fc1cccc(-n2cc(Cl)cn2)c1CCl. The summed E-state index contributed by atoms with van der Waals surface area (Å²) in [7, 11) is 0. The summed E-state index contributed by atoms with van der Waals surface area (Å²) in [6, 6.07) is 4.72. The van der Waals surface area contributed by atoms with E-state index in [2.05, 4.69) is 5.10 Å². The average molecular weight is 245 g/mol. The molecule has 0 amide bonds. The predicted molar refractivity (Wildman–Crippen MR) is 58.1 cm³/mol. The molecule has 0 unspecified atom stereocenters. The number of aromatic nitrogens is 2. The van der Waals surface area contributed by atoms with Gasteiger partial charge in [-0.3, -0.25) is 0 Å². The summed E-state index contributed by atoms with van der Waals surface area (Å²) in [5.41, 5.74) is 1.02. The number of hydrogen-bond acceptors (Lipinski definition) is 1. The number of nitrogens with zero attached hydrogens (tertiary/aromatic N) is 2. The van der Waals surface area contributed by atoms with Gasteiger partial charge in [0.2, 0.25) is 0 Å². The molecule has 0 aliphatic rings. The molecule has 2 rings (SSSR count). The molecule has 15 heavy (non-hydrogen) atoms. The van der Waals surface area contributed by atoms with Crippen molar-refractivity contribution in [3.63, 3.8) is 0 Å². The Balaban J connectivity index is 2.57. The molecule has 0 atom stereocenters. The molecular formula is C10H7Cl2FN2. The molecule has 0 aliphatic carbocycles. The highest BCUT2D eigenvalue weighted by molar-refractivity contribution is 6.30. The van der Waals surface area contributed by atoms with Crippen molar-refractivity contribution in [1.82, 2.24) is 9.78 Å². The lowest BCUT2D eigenvalue weighted by Gasteiger charge is -2.07. The van der Waals surface area contributed by atoms with Crippen LogP contribution < -0.4 is 0 Å². The minimum absolute atomic E-state index is 0.0967. The molecule has 2 aromatic rings. The lowest BCUT2D eigenvalue weighted by molar-refractivity contribution is 0.613. The van der Waals surface area contributed by atoms with E-state index in [4.69, 9.17) is 23.2 Å². The van der Waals surface area contributed by atoms with Gasteiger partial charge < -0.3 is 0 Å². The van der Waals surface area contributed by atoms with Crippen molar-refractivity contribution in [2.45, 2.75) is 5.88 Å². The van der Waals surface area contributed by atoms with Gasteiger partial charge in [0, 0.05) is 11.8 Å². The number of rotatable bonds is 2. The van der Waals surface area contributed by atoms with E-state index in [0.29, 0.717) is 16.3 Å². The predicted octanol–water partition coefficient (Wildman–Crippen LogP) is 3.40. The van der Waals surface area contributed by atoms with E-state index < -0.39 is 0 Å². The van der Waals surface area contributed by atoms with Crippen LogP contribution in [0.15, 0.2) is 30.6 Å². The summed E-state index contributed by atoms with van der Waals surface area (Å²) in [4.78, 5) is 0. The van der Waals surface area contributed by atoms with Crippen molar-refractivity contribution in [2.75, 3.05) is 0 Å². The average Bonchev–Trinajstić information content (AvgIpc) is 2.64. The normalized spacial score (nSPS) is 10.6. The van der Waals surface area contributed by atoms with Gasteiger partial charge in [0.15, 0.2) is 0 Å². The summed E-state index contributed by atoms with van der Waals surface area (Å²) in [5, 5.41) is 4.49. The van der Waals surface area contributed by atoms with Crippen molar-refractivity contribution < 1.29 is 4.39 Å². The van der Waals surface area contributed by atoms with Gasteiger partial charge in [0.05, 0.1) is 22.8 Å². The zero-order chi connectivity index (χ0) is 10.8. The maximum absolute atomic E-state index is 13.4. The van der Waals surface area contributed by atoms with Crippen LogP contribution in [0.25, 0.3) is 5.69 Å². The highest BCUT2D eigenvalue weighted by atomic mass is 35.5. The van der Waals surface area contributed by atoms with Crippen molar-refractivity contribution in [3.8, 4) is 5.69 Å². The second kappa shape index (κ2) is 4.21. The van der Waals surface area contributed by atoms with E-state index in [9.17, 15) is 4.39 Å². The van der Waals surface area contributed by atoms with Gasteiger partial charge in [-0.05, 0) is 12.1 Å². The van der Waals surface area contributed by atoms with E-state index >= 15 is 0 Å². The fraction of sp³-hybridized carbons (Fsp3) is 0.100. The van der Waals surface area contributed by atoms with E-state index in [1.54, 1.807) is 18.3 Å². The van der Waals surface area contributed by atoms with E-state index in [1.807, 2.05) is 0 Å². The Labute approximate surface area is 96.2 Å². The molecule has 78 valence electrons. The summed E-state index contributed by atoms with van der Waals surface area (Å²) in [6.45, 7) is 0. The van der Waals surface area contributed by atoms with Gasteiger partial charge >= 0.3 is 0 Å². The van der Waals surface area contributed by atoms with Crippen molar-refractivity contribution in [1.29, 1.82) is 0 Å². The molecule has 0 saturated carbocycles. The van der Waals surface area contributed by atoms with Crippen LogP contribution in [0.3, 0.4) is 0 Å². The largest absolute Gasteiger partial charge is 0.239 e. The van der Waals surface area contributed by atoms with E-state index in [1.165, 1.54) is 16.9 Å². The van der Waals surface area contributed by atoms with Crippen molar-refractivity contribution in [2.24, 2.45) is 0 Å². The summed E-state index contributed by atoms with van der Waals surface area (Å²) >= 11 is 11.4. The molecule has 0 N–H and O–H groups in total. The third kappa shape index (κ3) is 1.98. The van der Waals surface area contributed by atoms with Crippen LogP contribution in [-0.2, 0) is 5.88 Å². The molecule has 5 heteroatoms.